The summed E-state index contributed by atoms with van der Waals surface area (Å²) in [5.41, 5.74) is 1.65. The molecular formula is C16H16N2O4. The van der Waals surface area contributed by atoms with Crippen LogP contribution in [0.2, 0.25) is 0 Å². The molecule has 3 rings (SSSR count). The Balaban J connectivity index is 1.59. The third kappa shape index (κ3) is 2.47. The first-order valence-corrected chi connectivity index (χ1v) is 7.14. The van der Waals surface area contributed by atoms with Gasteiger partial charge in [-0.2, -0.15) is 0 Å². The zero-order valence-corrected chi connectivity index (χ0v) is 11.9. The maximum Gasteiger partial charge on any atom is 0.330 e. The Morgan fingerprint density at radius 2 is 2.05 bits per heavy atom. The fourth-order valence-corrected chi connectivity index (χ4v) is 2.86. The van der Waals surface area contributed by atoms with Gasteiger partial charge >= 0.3 is 5.97 Å². The van der Waals surface area contributed by atoms with Crippen LogP contribution in [0.25, 0.3) is 0 Å². The second kappa shape index (κ2) is 5.63. The molecule has 0 saturated heterocycles. The van der Waals surface area contributed by atoms with Gasteiger partial charge in [-0.05, 0) is 11.6 Å². The van der Waals surface area contributed by atoms with Crippen molar-refractivity contribution in [2.24, 2.45) is 0 Å². The van der Waals surface area contributed by atoms with E-state index in [0.29, 0.717) is 25.2 Å². The van der Waals surface area contributed by atoms with Gasteiger partial charge in [-0.3, -0.25) is 9.59 Å². The average molecular weight is 300 g/mol. The van der Waals surface area contributed by atoms with Crippen LogP contribution in [0.5, 0.6) is 0 Å². The summed E-state index contributed by atoms with van der Waals surface area (Å²) in [5.74, 6) is -1.36. The van der Waals surface area contributed by atoms with Crippen LogP contribution in [0, 0.1) is 0 Å². The zero-order chi connectivity index (χ0) is 15.7. The van der Waals surface area contributed by atoms with Crippen molar-refractivity contribution in [3.8, 4) is 0 Å². The molecule has 2 amide bonds. The molecule has 0 radical (unpaired) electrons. The topological polar surface area (TPSA) is 77.9 Å². The quantitative estimate of drug-likeness (QED) is 0.838. The first-order valence-electron chi connectivity index (χ1n) is 7.14. The molecule has 6 heteroatoms. The van der Waals surface area contributed by atoms with Crippen molar-refractivity contribution in [2.75, 3.05) is 13.1 Å². The first-order chi connectivity index (χ1) is 10.6. The van der Waals surface area contributed by atoms with E-state index in [-0.39, 0.29) is 18.2 Å². The lowest BCUT2D eigenvalue weighted by Gasteiger charge is -2.23. The summed E-state index contributed by atoms with van der Waals surface area (Å²) >= 11 is 0. The monoisotopic (exact) mass is 300 g/mol. The molecule has 0 spiro atoms. The number of rotatable bonds is 4. The molecule has 1 N–H and O–H groups in total. The molecule has 22 heavy (non-hydrogen) atoms. The molecule has 2 heterocycles. The maximum atomic E-state index is 12.2. The van der Waals surface area contributed by atoms with Crippen molar-refractivity contribution < 1.29 is 19.5 Å². The molecular weight excluding hydrogens is 284 g/mol. The largest absolute Gasteiger partial charge is 0.479 e. The highest BCUT2D eigenvalue weighted by molar-refractivity contribution is 5.98. The van der Waals surface area contributed by atoms with Crippen LogP contribution >= 0.6 is 0 Å². The number of amides is 2. The highest BCUT2D eigenvalue weighted by atomic mass is 16.4. The van der Waals surface area contributed by atoms with Crippen molar-refractivity contribution in [3.05, 3.63) is 47.5 Å². The fraction of sp³-hybridized carbons (Fsp3) is 0.312. The van der Waals surface area contributed by atoms with Crippen molar-refractivity contribution in [3.63, 3.8) is 0 Å². The Morgan fingerprint density at radius 3 is 2.77 bits per heavy atom. The summed E-state index contributed by atoms with van der Waals surface area (Å²) in [6.07, 6.45) is 3.32. The number of hydrogen-bond donors (Lipinski definition) is 1. The molecule has 1 atom stereocenters. The third-order valence-electron chi connectivity index (χ3n) is 4.02. The van der Waals surface area contributed by atoms with Crippen LogP contribution in [0.1, 0.15) is 22.3 Å². The predicted octanol–water partition coefficient (Wildman–Crippen LogP) is 0.884. The molecule has 0 bridgehead atoms. The first kappa shape index (κ1) is 14.3. The molecule has 2 aliphatic rings. The standard InChI is InChI=1S/C16H16N2O4/c19-14(18-8-3-6-13(18)16(21)22)7-9-17-10-11-4-1-2-5-12(11)15(17)20/h1-6,13H,7-10H2,(H,21,22)/t13-/m1/s1. The summed E-state index contributed by atoms with van der Waals surface area (Å²) in [5, 5.41) is 9.06. The Bertz CT molecular complexity index is 668. The number of benzene rings is 1. The van der Waals surface area contributed by atoms with E-state index in [4.69, 9.17) is 5.11 Å². The van der Waals surface area contributed by atoms with Gasteiger partial charge in [0.05, 0.1) is 0 Å². The van der Waals surface area contributed by atoms with Gasteiger partial charge in [0.25, 0.3) is 5.91 Å². The van der Waals surface area contributed by atoms with E-state index in [9.17, 15) is 14.4 Å². The normalized spacial score (nSPS) is 19.6. The number of carboxylic acids is 1. The molecule has 6 nitrogen and oxygen atoms in total. The van der Waals surface area contributed by atoms with E-state index in [2.05, 4.69) is 0 Å². The molecule has 1 aromatic carbocycles. The second-order valence-corrected chi connectivity index (χ2v) is 5.39. The lowest BCUT2D eigenvalue weighted by atomic mass is 10.1. The van der Waals surface area contributed by atoms with Crippen LogP contribution in [0.4, 0.5) is 0 Å². The lowest BCUT2D eigenvalue weighted by Crippen LogP contribution is -2.42. The van der Waals surface area contributed by atoms with Gasteiger partial charge in [0, 0.05) is 31.6 Å². The van der Waals surface area contributed by atoms with Gasteiger partial charge in [0.1, 0.15) is 6.04 Å². The number of hydrogen-bond acceptors (Lipinski definition) is 3. The molecule has 1 aromatic rings. The Morgan fingerprint density at radius 1 is 1.27 bits per heavy atom. The van der Waals surface area contributed by atoms with E-state index >= 15 is 0 Å². The minimum atomic E-state index is -1.04. The van der Waals surface area contributed by atoms with Gasteiger partial charge in [-0.1, -0.05) is 30.4 Å². The van der Waals surface area contributed by atoms with Crippen molar-refractivity contribution in [1.82, 2.24) is 9.80 Å². The van der Waals surface area contributed by atoms with Crippen molar-refractivity contribution >= 4 is 17.8 Å². The van der Waals surface area contributed by atoms with E-state index < -0.39 is 12.0 Å². The lowest BCUT2D eigenvalue weighted by molar-refractivity contribution is -0.147. The zero-order valence-electron chi connectivity index (χ0n) is 11.9. The third-order valence-corrected chi connectivity index (χ3v) is 4.02. The average Bonchev–Trinajstić information content (AvgIpc) is 3.11. The van der Waals surface area contributed by atoms with Gasteiger partial charge in [-0.25, -0.2) is 4.79 Å². The molecule has 0 fully saturated rings. The van der Waals surface area contributed by atoms with E-state index in [1.54, 1.807) is 17.0 Å². The van der Waals surface area contributed by atoms with Gasteiger partial charge in [-0.15, -0.1) is 0 Å². The van der Waals surface area contributed by atoms with Crippen LogP contribution in [0.3, 0.4) is 0 Å². The maximum absolute atomic E-state index is 12.2. The summed E-state index contributed by atoms with van der Waals surface area (Å²) in [6.45, 7) is 1.11. The van der Waals surface area contributed by atoms with E-state index in [1.807, 2.05) is 18.2 Å². The minimum Gasteiger partial charge on any atom is -0.479 e. The Kier molecular flexibility index (Phi) is 3.66. The number of carbonyl (C=O) groups excluding carboxylic acids is 2. The summed E-state index contributed by atoms with van der Waals surface area (Å²) < 4.78 is 0. The number of fused-ring (bicyclic) bond motifs is 1. The highest BCUT2D eigenvalue weighted by Crippen LogP contribution is 2.22. The van der Waals surface area contributed by atoms with Crippen molar-refractivity contribution in [1.29, 1.82) is 0 Å². The van der Waals surface area contributed by atoms with E-state index in [1.165, 1.54) is 11.0 Å². The highest BCUT2D eigenvalue weighted by Gasteiger charge is 2.31. The Hall–Kier alpha value is -2.63. The van der Waals surface area contributed by atoms with Crippen molar-refractivity contribution in [2.45, 2.75) is 19.0 Å². The van der Waals surface area contributed by atoms with Gasteiger partial charge < -0.3 is 14.9 Å². The van der Waals surface area contributed by atoms with Crippen LogP contribution in [-0.2, 0) is 16.1 Å². The van der Waals surface area contributed by atoms with E-state index in [0.717, 1.165) is 5.56 Å². The number of carbonyl (C=O) groups is 3. The molecule has 2 aliphatic heterocycles. The smallest absolute Gasteiger partial charge is 0.330 e. The Labute approximate surface area is 127 Å². The number of aliphatic carboxylic acids is 1. The number of carboxylic acid groups (broad SMARTS) is 1. The molecule has 0 unspecified atom stereocenters. The second-order valence-electron chi connectivity index (χ2n) is 5.39. The van der Waals surface area contributed by atoms with Crippen LogP contribution in [-0.4, -0.2) is 51.8 Å². The number of nitrogens with zero attached hydrogens (tertiary/aromatic N) is 2. The fourth-order valence-electron chi connectivity index (χ4n) is 2.86. The van der Waals surface area contributed by atoms with Gasteiger partial charge in [0.15, 0.2) is 0 Å². The molecule has 0 saturated carbocycles. The predicted molar refractivity (Wildman–Crippen MR) is 78.1 cm³/mol. The van der Waals surface area contributed by atoms with Crippen LogP contribution in [0.15, 0.2) is 36.4 Å². The molecule has 114 valence electrons. The van der Waals surface area contributed by atoms with Gasteiger partial charge in [0.2, 0.25) is 5.91 Å². The summed E-state index contributed by atoms with van der Waals surface area (Å²) in [6, 6.07) is 6.50. The summed E-state index contributed by atoms with van der Waals surface area (Å²) in [7, 11) is 0. The molecule has 0 aromatic heterocycles. The molecule has 0 aliphatic carbocycles. The van der Waals surface area contributed by atoms with Crippen LogP contribution < -0.4 is 0 Å². The minimum absolute atomic E-state index is 0.0715. The summed E-state index contributed by atoms with van der Waals surface area (Å²) in [4.78, 5) is 38.4. The SMILES string of the molecule is O=C(O)[C@H]1C=CCN1C(=O)CCN1Cc2ccccc2C1=O.